The van der Waals surface area contributed by atoms with Gasteiger partial charge in [0.2, 0.25) is 5.91 Å². The summed E-state index contributed by atoms with van der Waals surface area (Å²) in [6, 6.07) is 0.471. The van der Waals surface area contributed by atoms with Gasteiger partial charge in [-0.1, -0.05) is 15.9 Å². The molecule has 0 aromatic rings. The Hall–Kier alpha value is -0.0500. The van der Waals surface area contributed by atoms with E-state index in [0.29, 0.717) is 17.9 Å². The lowest BCUT2D eigenvalue weighted by molar-refractivity contribution is -0.138. The fourth-order valence-electron chi connectivity index (χ4n) is 3.60. The molecular formula is C13H20BrNO. The lowest BCUT2D eigenvalue weighted by Crippen LogP contribution is -2.47. The van der Waals surface area contributed by atoms with Crippen LogP contribution in [0.1, 0.15) is 38.5 Å². The highest BCUT2D eigenvalue weighted by atomic mass is 79.9. The summed E-state index contributed by atoms with van der Waals surface area (Å²) >= 11 is 3.55. The Morgan fingerprint density at radius 2 is 1.94 bits per heavy atom. The quantitative estimate of drug-likeness (QED) is 0.715. The number of rotatable bonds is 2. The summed E-state index contributed by atoms with van der Waals surface area (Å²) in [6.07, 6.45) is 7.47. The number of halogens is 1. The topological polar surface area (TPSA) is 20.3 Å². The fraction of sp³-hybridized carbons (Fsp3) is 0.923. The van der Waals surface area contributed by atoms with E-state index in [1.165, 1.54) is 38.5 Å². The Morgan fingerprint density at radius 1 is 1.19 bits per heavy atom. The number of likely N-dealkylation sites (tertiary alicyclic amines) is 1. The molecule has 2 aliphatic carbocycles. The molecule has 1 saturated heterocycles. The molecular weight excluding hydrogens is 266 g/mol. The Bertz CT molecular complexity index is 284. The average molecular weight is 286 g/mol. The third-order valence-electron chi connectivity index (χ3n) is 4.68. The maximum absolute atomic E-state index is 12.4. The molecule has 0 N–H and O–H groups in total. The van der Waals surface area contributed by atoms with Crippen molar-refractivity contribution in [1.82, 2.24) is 4.90 Å². The number of piperidine rings is 1. The van der Waals surface area contributed by atoms with Gasteiger partial charge in [0.05, 0.1) is 0 Å². The van der Waals surface area contributed by atoms with Gasteiger partial charge in [-0.05, 0) is 50.4 Å². The zero-order chi connectivity index (χ0) is 11.1. The Balaban J connectivity index is 1.63. The summed E-state index contributed by atoms with van der Waals surface area (Å²) < 4.78 is 0. The first-order valence-corrected chi connectivity index (χ1v) is 7.78. The second kappa shape index (κ2) is 4.32. The number of hydrogen-bond acceptors (Lipinski definition) is 1. The molecule has 0 spiro atoms. The van der Waals surface area contributed by atoms with Crippen LogP contribution in [-0.2, 0) is 4.79 Å². The molecule has 0 aromatic heterocycles. The van der Waals surface area contributed by atoms with Gasteiger partial charge in [-0.2, -0.15) is 0 Å². The zero-order valence-corrected chi connectivity index (χ0v) is 11.3. The minimum absolute atomic E-state index is 0.378. The zero-order valence-electron chi connectivity index (χ0n) is 9.70. The van der Waals surface area contributed by atoms with Gasteiger partial charge in [0.15, 0.2) is 0 Å². The molecule has 3 heteroatoms. The van der Waals surface area contributed by atoms with Gasteiger partial charge in [-0.25, -0.2) is 0 Å². The second-order valence-electron chi connectivity index (χ2n) is 5.76. The third-order valence-corrected chi connectivity index (χ3v) is 5.43. The smallest absolute Gasteiger partial charge is 0.225 e. The SMILES string of the molecule is O=C(C1CC2CC2C1)N1CCCCC1CBr. The molecule has 3 fully saturated rings. The normalized spacial score (nSPS) is 41.9. The summed E-state index contributed by atoms with van der Waals surface area (Å²) in [5.41, 5.74) is 0. The maximum atomic E-state index is 12.4. The highest BCUT2D eigenvalue weighted by molar-refractivity contribution is 9.09. The van der Waals surface area contributed by atoms with Crippen LogP contribution in [0.5, 0.6) is 0 Å². The minimum atomic E-state index is 0.378. The standard InChI is InChI=1S/C13H20BrNO/c14-8-12-3-1-2-4-15(12)13(16)11-6-9-5-10(9)7-11/h9-12H,1-8H2. The van der Waals surface area contributed by atoms with E-state index in [9.17, 15) is 4.79 Å². The van der Waals surface area contributed by atoms with Gasteiger partial charge in [0, 0.05) is 23.8 Å². The van der Waals surface area contributed by atoms with E-state index in [0.717, 1.165) is 23.7 Å². The van der Waals surface area contributed by atoms with Crippen LogP contribution in [0.4, 0.5) is 0 Å². The number of amides is 1. The van der Waals surface area contributed by atoms with Gasteiger partial charge < -0.3 is 4.90 Å². The summed E-state index contributed by atoms with van der Waals surface area (Å²) in [4.78, 5) is 14.6. The van der Waals surface area contributed by atoms with Crippen molar-refractivity contribution in [3.8, 4) is 0 Å². The number of alkyl halides is 1. The van der Waals surface area contributed by atoms with Crippen LogP contribution in [0.3, 0.4) is 0 Å². The van der Waals surface area contributed by atoms with Crippen LogP contribution in [0.25, 0.3) is 0 Å². The fourth-order valence-corrected chi connectivity index (χ4v) is 4.28. The van der Waals surface area contributed by atoms with E-state index >= 15 is 0 Å². The van der Waals surface area contributed by atoms with Crippen molar-refractivity contribution in [2.24, 2.45) is 17.8 Å². The monoisotopic (exact) mass is 285 g/mol. The summed E-state index contributed by atoms with van der Waals surface area (Å²) in [6.45, 7) is 1.00. The summed E-state index contributed by atoms with van der Waals surface area (Å²) in [7, 11) is 0. The molecule has 3 atom stereocenters. The molecule has 0 radical (unpaired) electrons. The second-order valence-corrected chi connectivity index (χ2v) is 6.41. The van der Waals surface area contributed by atoms with Crippen LogP contribution in [0.2, 0.25) is 0 Å². The molecule has 0 aromatic carbocycles. The molecule has 0 bridgehead atoms. The van der Waals surface area contributed by atoms with Crippen molar-refractivity contribution in [2.45, 2.75) is 44.6 Å². The van der Waals surface area contributed by atoms with Crippen molar-refractivity contribution in [3.63, 3.8) is 0 Å². The van der Waals surface area contributed by atoms with Crippen LogP contribution in [0.15, 0.2) is 0 Å². The van der Waals surface area contributed by atoms with E-state index in [4.69, 9.17) is 0 Å². The Kier molecular flexibility index (Phi) is 2.99. The predicted molar refractivity (Wildman–Crippen MR) is 67.5 cm³/mol. The highest BCUT2D eigenvalue weighted by Gasteiger charge is 2.49. The van der Waals surface area contributed by atoms with Crippen LogP contribution in [0, 0.1) is 17.8 Å². The van der Waals surface area contributed by atoms with Gasteiger partial charge in [-0.15, -0.1) is 0 Å². The Morgan fingerprint density at radius 3 is 2.62 bits per heavy atom. The predicted octanol–water partition coefficient (Wildman–Crippen LogP) is 2.81. The average Bonchev–Trinajstić information content (AvgIpc) is 2.95. The van der Waals surface area contributed by atoms with Crippen molar-refractivity contribution in [1.29, 1.82) is 0 Å². The molecule has 16 heavy (non-hydrogen) atoms. The van der Waals surface area contributed by atoms with Crippen molar-refractivity contribution >= 4 is 21.8 Å². The summed E-state index contributed by atoms with van der Waals surface area (Å²) in [5, 5.41) is 0.957. The first-order chi connectivity index (χ1) is 7.79. The van der Waals surface area contributed by atoms with Crippen LogP contribution in [-0.4, -0.2) is 28.7 Å². The largest absolute Gasteiger partial charge is 0.339 e. The molecule has 2 saturated carbocycles. The number of hydrogen-bond donors (Lipinski definition) is 0. The van der Waals surface area contributed by atoms with E-state index < -0.39 is 0 Å². The van der Waals surface area contributed by atoms with E-state index in [2.05, 4.69) is 20.8 Å². The molecule has 1 heterocycles. The number of fused-ring (bicyclic) bond motifs is 1. The van der Waals surface area contributed by atoms with Crippen molar-refractivity contribution < 1.29 is 4.79 Å². The van der Waals surface area contributed by atoms with Crippen LogP contribution >= 0.6 is 15.9 Å². The lowest BCUT2D eigenvalue weighted by Gasteiger charge is -2.36. The molecule has 1 aliphatic heterocycles. The molecule has 3 aliphatic rings. The van der Waals surface area contributed by atoms with Gasteiger partial charge in [-0.3, -0.25) is 4.79 Å². The third kappa shape index (κ3) is 1.92. The van der Waals surface area contributed by atoms with Gasteiger partial charge >= 0.3 is 0 Å². The molecule has 90 valence electrons. The maximum Gasteiger partial charge on any atom is 0.225 e. The highest BCUT2D eigenvalue weighted by Crippen LogP contribution is 2.54. The number of carbonyl (C=O) groups is 1. The van der Waals surface area contributed by atoms with Gasteiger partial charge in [0.25, 0.3) is 0 Å². The summed E-state index contributed by atoms with van der Waals surface area (Å²) in [5.74, 6) is 2.68. The molecule has 3 rings (SSSR count). The molecule has 2 nitrogen and oxygen atoms in total. The van der Waals surface area contributed by atoms with E-state index in [-0.39, 0.29) is 0 Å². The lowest BCUT2D eigenvalue weighted by atomic mass is 9.97. The van der Waals surface area contributed by atoms with E-state index in [1.807, 2.05) is 0 Å². The van der Waals surface area contributed by atoms with Crippen molar-refractivity contribution in [3.05, 3.63) is 0 Å². The Labute approximate surface area is 106 Å². The number of carbonyl (C=O) groups excluding carboxylic acids is 1. The van der Waals surface area contributed by atoms with Crippen molar-refractivity contribution in [2.75, 3.05) is 11.9 Å². The first-order valence-electron chi connectivity index (χ1n) is 6.66. The minimum Gasteiger partial charge on any atom is -0.339 e. The number of nitrogens with zero attached hydrogens (tertiary/aromatic N) is 1. The van der Waals surface area contributed by atoms with Crippen LogP contribution < -0.4 is 0 Å². The first kappa shape index (κ1) is 11.1. The van der Waals surface area contributed by atoms with E-state index in [1.54, 1.807) is 0 Å². The van der Waals surface area contributed by atoms with Gasteiger partial charge in [0.1, 0.15) is 0 Å². The molecule has 3 unspecified atom stereocenters. The molecule has 1 amide bonds.